The van der Waals surface area contributed by atoms with Crippen LogP contribution in [0, 0.1) is 11.6 Å². The van der Waals surface area contributed by atoms with E-state index in [1.165, 1.54) is 6.07 Å². The molecular weight excluding hydrogens is 380 g/mol. The van der Waals surface area contributed by atoms with Gasteiger partial charge in [-0.1, -0.05) is 12.1 Å². The van der Waals surface area contributed by atoms with Gasteiger partial charge in [0, 0.05) is 42.4 Å². The number of urea groups is 1. The van der Waals surface area contributed by atoms with Crippen molar-refractivity contribution in [2.45, 2.75) is 0 Å². The molecule has 1 aliphatic rings. The number of benzene rings is 2. The highest BCUT2D eigenvalue weighted by Gasteiger charge is 2.22. The first-order chi connectivity index (χ1) is 11.5. The fourth-order valence-electron chi connectivity index (χ4n) is 2.64. The largest absolute Gasteiger partial charge is 0.367 e. The number of nitrogens with zero attached hydrogens (tertiary/aromatic N) is 2. The van der Waals surface area contributed by atoms with Gasteiger partial charge >= 0.3 is 6.03 Å². The molecular formula is C17H16BrF2N3O. The zero-order chi connectivity index (χ0) is 17.1. The molecule has 3 rings (SSSR count). The van der Waals surface area contributed by atoms with Crippen LogP contribution >= 0.6 is 15.9 Å². The summed E-state index contributed by atoms with van der Waals surface area (Å²) in [5.74, 6) is -1.92. The summed E-state index contributed by atoms with van der Waals surface area (Å²) in [4.78, 5) is 16.1. The van der Waals surface area contributed by atoms with Crippen LogP contribution in [0.2, 0.25) is 0 Å². The molecule has 24 heavy (non-hydrogen) atoms. The summed E-state index contributed by atoms with van der Waals surface area (Å²) >= 11 is 3.53. The Kier molecular flexibility index (Phi) is 4.99. The van der Waals surface area contributed by atoms with Gasteiger partial charge in [-0.2, -0.15) is 0 Å². The predicted octanol–water partition coefficient (Wildman–Crippen LogP) is 4.08. The van der Waals surface area contributed by atoms with Gasteiger partial charge in [-0.05, 0) is 40.2 Å². The second kappa shape index (κ2) is 7.17. The van der Waals surface area contributed by atoms with Gasteiger partial charge in [-0.15, -0.1) is 0 Å². The summed E-state index contributed by atoms with van der Waals surface area (Å²) < 4.78 is 27.1. The first kappa shape index (κ1) is 16.7. The van der Waals surface area contributed by atoms with Gasteiger partial charge in [0.15, 0.2) is 11.6 Å². The van der Waals surface area contributed by atoms with Crippen LogP contribution in [0.5, 0.6) is 0 Å². The first-order valence-electron chi connectivity index (χ1n) is 7.55. The van der Waals surface area contributed by atoms with Crippen molar-refractivity contribution in [1.29, 1.82) is 0 Å². The number of halogens is 3. The Morgan fingerprint density at radius 3 is 2.38 bits per heavy atom. The van der Waals surface area contributed by atoms with E-state index in [0.717, 1.165) is 22.3 Å². The SMILES string of the molecule is O=C(Nc1ccc(F)c(F)c1)N1CCN(c2ccccc2Br)CC1. The van der Waals surface area contributed by atoms with Crippen LogP contribution in [0.3, 0.4) is 0 Å². The second-order valence-electron chi connectivity index (χ2n) is 5.48. The maximum atomic E-state index is 13.2. The molecule has 0 bridgehead atoms. The number of nitrogens with one attached hydrogen (secondary N) is 1. The number of piperazine rings is 1. The second-order valence-corrected chi connectivity index (χ2v) is 6.34. The lowest BCUT2D eigenvalue weighted by Gasteiger charge is -2.36. The maximum absolute atomic E-state index is 13.2. The zero-order valence-electron chi connectivity index (χ0n) is 12.8. The van der Waals surface area contributed by atoms with Crippen molar-refractivity contribution in [3.05, 3.63) is 58.6 Å². The highest BCUT2D eigenvalue weighted by molar-refractivity contribution is 9.10. The average molecular weight is 396 g/mol. The molecule has 2 amide bonds. The van der Waals surface area contributed by atoms with Gasteiger partial charge in [-0.3, -0.25) is 0 Å². The van der Waals surface area contributed by atoms with Crippen molar-refractivity contribution in [3.63, 3.8) is 0 Å². The number of carbonyl (C=O) groups is 1. The van der Waals surface area contributed by atoms with E-state index in [0.29, 0.717) is 26.2 Å². The lowest BCUT2D eigenvalue weighted by Crippen LogP contribution is -2.50. The Hall–Kier alpha value is -2.15. The smallest absolute Gasteiger partial charge is 0.321 e. The summed E-state index contributed by atoms with van der Waals surface area (Å²) in [7, 11) is 0. The number of amides is 2. The van der Waals surface area contributed by atoms with E-state index in [2.05, 4.69) is 26.1 Å². The van der Waals surface area contributed by atoms with Crippen molar-refractivity contribution >= 4 is 33.3 Å². The maximum Gasteiger partial charge on any atom is 0.321 e. The third kappa shape index (κ3) is 3.67. The van der Waals surface area contributed by atoms with Crippen LogP contribution < -0.4 is 10.2 Å². The molecule has 0 unspecified atom stereocenters. The monoisotopic (exact) mass is 395 g/mol. The van der Waals surface area contributed by atoms with Gasteiger partial charge in [0.1, 0.15) is 0 Å². The number of carbonyl (C=O) groups excluding carboxylic acids is 1. The van der Waals surface area contributed by atoms with Crippen molar-refractivity contribution in [2.24, 2.45) is 0 Å². The Morgan fingerprint density at radius 1 is 1.00 bits per heavy atom. The van der Waals surface area contributed by atoms with E-state index in [-0.39, 0.29) is 11.7 Å². The standard InChI is InChI=1S/C17H16BrF2N3O/c18-13-3-1-2-4-16(13)22-7-9-23(10-8-22)17(24)21-12-5-6-14(19)15(20)11-12/h1-6,11H,7-10H2,(H,21,24). The van der Waals surface area contributed by atoms with Crippen molar-refractivity contribution in [1.82, 2.24) is 4.90 Å². The molecule has 1 aliphatic heterocycles. The summed E-state index contributed by atoms with van der Waals surface area (Å²) in [6, 6.07) is 10.9. The zero-order valence-corrected chi connectivity index (χ0v) is 14.4. The molecule has 1 saturated heterocycles. The van der Waals surface area contributed by atoms with Crippen LogP contribution in [-0.2, 0) is 0 Å². The molecule has 1 heterocycles. The molecule has 4 nitrogen and oxygen atoms in total. The van der Waals surface area contributed by atoms with E-state index in [4.69, 9.17) is 0 Å². The number of hydrogen-bond acceptors (Lipinski definition) is 2. The Labute approximate surface area is 147 Å². The van der Waals surface area contributed by atoms with E-state index < -0.39 is 11.6 Å². The summed E-state index contributed by atoms with van der Waals surface area (Å²) in [6.45, 7) is 2.51. The number of anilines is 2. The molecule has 126 valence electrons. The van der Waals surface area contributed by atoms with E-state index in [9.17, 15) is 13.6 Å². The minimum atomic E-state index is -0.980. The number of para-hydroxylation sites is 1. The van der Waals surface area contributed by atoms with Crippen molar-refractivity contribution < 1.29 is 13.6 Å². The molecule has 0 saturated carbocycles. The van der Waals surface area contributed by atoms with Crippen LogP contribution in [0.1, 0.15) is 0 Å². The predicted molar refractivity (Wildman–Crippen MR) is 93.3 cm³/mol. The molecule has 7 heteroatoms. The van der Waals surface area contributed by atoms with Gasteiger partial charge in [0.25, 0.3) is 0 Å². The van der Waals surface area contributed by atoms with Gasteiger partial charge in [0.05, 0.1) is 5.69 Å². The molecule has 0 aromatic heterocycles. The van der Waals surface area contributed by atoms with E-state index in [1.54, 1.807) is 4.90 Å². The Morgan fingerprint density at radius 2 is 1.71 bits per heavy atom. The first-order valence-corrected chi connectivity index (χ1v) is 8.34. The van der Waals surface area contributed by atoms with Crippen LogP contribution in [-0.4, -0.2) is 37.1 Å². The molecule has 0 aliphatic carbocycles. The van der Waals surface area contributed by atoms with E-state index in [1.807, 2.05) is 24.3 Å². The summed E-state index contributed by atoms with van der Waals surface area (Å²) in [6.07, 6.45) is 0. The molecule has 2 aromatic carbocycles. The Bertz CT molecular complexity index is 748. The summed E-state index contributed by atoms with van der Waals surface area (Å²) in [5, 5.41) is 2.60. The quantitative estimate of drug-likeness (QED) is 0.831. The third-order valence-corrected chi connectivity index (χ3v) is 4.60. The van der Waals surface area contributed by atoms with Gasteiger partial charge in [-0.25, -0.2) is 13.6 Å². The molecule has 0 atom stereocenters. The number of rotatable bonds is 2. The van der Waals surface area contributed by atoms with E-state index >= 15 is 0 Å². The van der Waals surface area contributed by atoms with Crippen molar-refractivity contribution in [2.75, 3.05) is 36.4 Å². The minimum absolute atomic E-state index is 0.243. The highest BCUT2D eigenvalue weighted by atomic mass is 79.9. The number of hydrogen-bond donors (Lipinski definition) is 1. The van der Waals surface area contributed by atoms with Gasteiger partial charge < -0.3 is 15.1 Å². The van der Waals surface area contributed by atoms with Crippen LogP contribution in [0.15, 0.2) is 46.9 Å². The Balaban J connectivity index is 1.59. The molecule has 1 N–H and O–H groups in total. The molecule has 0 spiro atoms. The topological polar surface area (TPSA) is 35.6 Å². The lowest BCUT2D eigenvalue weighted by atomic mass is 10.2. The fourth-order valence-corrected chi connectivity index (χ4v) is 3.17. The fraction of sp³-hybridized carbons (Fsp3) is 0.235. The van der Waals surface area contributed by atoms with Gasteiger partial charge in [0.2, 0.25) is 0 Å². The lowest BCUT2D eigenvalue weighted by molar-refractivity contribution is 0.208. The van der Waals surface area contributed by atoms with Crippen LogP contribution in [0.25, 0.3) is 0 Å². The molecule has 2 aromatic rings. The minimum Gasteiger partial charge on any atom is -0.367 e. The highest BCUT2D eigenvalue weighted by Crippen LogP contribution is 2.26. The normalized spacial score (nSPS) is 14.6. The average Bonchev–Trinajstić information content (AvgIpc) is 2.59. The third-order valence-electron chi connectivity index (χ3n) is 3.93. The summed E-state index contributed by atoms with van der Waals surface area (Å²) in [5.41, 5.74) is 1.34. The van der Waals surface area contributed by atoms with Crippen molar-refractivity contribution in [3.8, 4) is 0 Å². The van der Waals surface area contributed by atoms with Crippen LogP contribution in [0.4, 0.5) is 25.0 Å². The molecule has 1 fully saturated rings. The molecule has 0 radical (unpaired) electrons.